The van der Waals surface area contributed by atoms with Gasteiger partial charge in [-0.05, 0) is 18.1 Å². The molecule has 0 saturated heterocycles. The van der Waals surface area contributed by atoms with Gasteiger partial charge in [0.1, 0.15) is 0 Å². The fourth-order valence-electron chi connectivity index (χ4n) is 1.89. The summed E-state index contributed by atoms with van der Waals surface area (Å²) >= 11 is 0. The van der Waals surface area contributed by atoms with Gasteiger partial charge in [0, 0.05) is 17.8 Å². The third-order valence-corrected chi connectivity index (χ3v) is 2.90. The summed E-state index contributed by atoms with van der Waals surface area (Å²) in [7, 11) is 0. The number of benzene rings is 1. The topological polar surface area (TPSA) is 42.0 Å². The Morgan fingerprint density at radius 2 is 2.05 bits per heavy atom. The minimum absolute atomic E-state index is 0.0788. The van der Waals surface area contributed by atoms with E-state index in [4.69, 9.17) is 0 Å². The normalized spacial score (nSPS) is 11.9. The summed E-state index contributed by atoms with van der Waals surface area (Å²) in [6, 6.07) is 12.2. The summed E-state index contributed by atoms with van der Waals surface area (Å²) in [4.78, 5) is 15.5. The molecule has 0 spiro atoms. The molecule has 2 rings (SSSR count). The van der Waals surface area contributed by atoms with Crippen molar-refractivity contribution in [2.45, 2.75) is 19.4 Å². The highest BCUT2D eigenvalue weighted by Crippen LogP contribution is 2.16. The molecule has 0 aliphatic carbocycles. The largest absolute Gasteiger partial charge is 0.345 e. The monoisotopic (exact) mass is 258 g/mol. The van der Waals surface area contributed by atoms with Crippen molar-refractivity contribution in [2.24, 2.45) is 0 Å². The van der Waals surface area contributed by atoms with Crippen LogP contribution in [0.3, 0.4) is 0 Å². The van der Waals surface area contributed by atoms with Crippen molar-refractivity contribution in [3.05, 3.63) is 65.7 Å². The third-order valence-electron chi connectivity index (χ3n) is 2.90. The smallest absolute Gasteiger partial charge is 0.251 e. The maximum absolute atomic E-state index is 13.0. The Kier molecular flexibility index (Phi) is 4.23. The number of hydrogen-bond acceptors (Lipinski definition) is 2. The molecule has 0 fully saturated rings. The van der Waals surface area contributed by atoms with Gasteiger partial charge in [0.2, 0.25) is 5.95 Å². The Hall–Kier alpha value is -2.23. The van der Waals surface area contributed by atoms with Crippen LogP contribution in [0.25, 0.3) is 0 Å². The molecule has 4 heteroatoms. The van der Waals surface area contributed by atoms with Crippen LogP contribution in [0.1, 0.15) is 35.3 Å². The molecule has 2 aromatic rings. The first-order valence-electron chi connectivity index (χ1n) is 6.18. The lowest BCUT2D eigenvalue weighted by Crippen LogP contribution is -2.28. The van der Waals surface area contributed by atoms with Crippen LogP contribution in [0.15, 0.2) is 48.7 Å². The molecule has 1 N–H and O–H groups in total. The van der Waals surface area contributed by atoms with Crippen molar-refractivity contribution in [2.75, 3.05) is 0 Å². The lowest BCUT2D eigenvalue weighted by Gasteiger charge is -2.17. The number of nitrogens with one attached hydrogen (secondary N) is 1. The van der Waals surface area contributed by atoms with E-state index in [1.807, 2.05) is 37.3 Å². The lowest BCUT2D eigenvalue weighted by molar-refractivity contribution is 0.0935. The van der Waals surface area contributed by atoms with E-state index in [0.717, 1.165) is 18.1 Å². The summed E-state index contributed by atoms with van der Waals surface area (Å²) in [5, 5.41) is 2.89. The molecule has 3 nitrogen and oxygen atoms in total. The fourth-order valence-corrected chi connectivity index (χ4v) is 1.89. The first-order valence-corrected chi connectivity index (χ1v) is 6.18. The predicted molar refractivity (Wildman–Crippen MR) is 71.1 cm³/mol. The van der Waals surface area contributed by atoms with Crippen LogP contribution in [0.2, 0.25) is 0 Å². The fraction of sp³-hybridized carbons (Fsp3) is 0.200. The summed E-state index contributed by atoms with van der Waals surface area (Å²) in [6.45, 7) is 1.99. The van der Waals surface area contributed by atoms with Gasteiger partial charge < -0.3 is 5.32 Å². The zero-order valence-electron chi connectivity index (χ0n) is 10.6. The van der Waals surface area contributed by atoms with Gasteiger partial charge in [-0.1, -0.05) is 37.3 Å². The Bertz CT molecular complexity index is 557. The van der Waals surface area contributed by atoms with E-state index in [-0.39, 0.29) is 17.5 Å². The molecule has 1 unspecified atom stereocenters. The number of nitrogens with zero attached hydrogens (tertiary/aromatic N) is 1. The standard InChI is InChI=1S/C15H15FN2O/c1-2-13(11-6-4-3-5-7-11)18-15(19)12-8-9-17-14(16)10-12/h3-10,13H,2H2,1H3,(H,18,19). The molecule has 98 valence electrons. The molecule has 0 radical (unpaired) electrons. The second kappa shape index (κ2) is 6.09. The number of carbonyl (C=O) groups excluding carboxylic acids is 1. The average molecular weight is 258 g/mol. The number of hydrogen-bond donors (Lipinski definition) is 1. The van der Waals surface area contributed by atoms with Gasteiger partial charge in [-0.25, -0.2) is 4.98 Å². The molecule has 0 saturated carbocycles. The van der Waals surface area contributed by atoms with Gasteiger partial charge >= 0.3 is 0 Å². The van der Waals surface area contributed by atoms with Crippen molar-refractivity contribution < 1.29 is 9.18 Å². The first kappa shape index (κ1) is 13.2. The maximum Gasteiger partial charge on any atom is 0.251 e. The molecule has 1 atom stereocenters. The lowest BCUT2D eigenvalue weighted by atomic mass is 10.0. The Labute approximate surface area is 111 Å². The zero-order chi connectivity index (χ0) is 13.7. The predicted octanol–water partition coefficient (Wildman–Crippen LogP) is 3.10. The highest BCUT2D eigenvalue weighted by molar-refractivity contribution is 5.94. The van der Waals surface area contributed by atoms with Gasteiger partial charge in [0.25, 0.3) is 5.91 Å². The molecule has 0 aliphatic heterocycles. The minimum Gasteiger partial charge on any atom is -0.345 e. The Morgan fingerprint density at radius 1 is 1.32 bits per heavy atom. The highest BCUT2D eigenvalue weighted by Gasteiger charge is 2.14. The van der Waals surface area contributed by atoms with Crippen LogP contribution >= 0.6 is 0 Å². The molecule has 19 heavy (non-hydrogen) atoms. The maximum atomic E-state index is 13.0. The SMILES string of the molecule is CCC(NC(=O)c1ccnc(F)c1)c1ccccc1. The van der Waals surface area contributed by atoms with Crippen LogP contribution in [0, 0.1) is 5.95 Å². The van der Waals surface area contributed by atoms with Crippen LogP contribution in [0.5, 0.6) is 0 Å². The van der Waals surface area contributed by atoms with E-state index in [1.165, 1.54) is 12.3 Å². The van der Waals surface area contributed by atoms with Gasteiger partial charge in [0.05, 0.1) is 6.04 Å². The summed E-state index contributed by atoms with van der Waals surface area (Å²) in [5.74, 6) is -0.947. The summed E-state index contributed by atoms with van der Waals surface area (Å²) < 4.78 is 13.0. The molecule has 1 aromatic heterocycles. The first-order chi connectivity index (χ1) is 9.20. The zero-order valence-corrected chi connectivity index (χ0v) is 10.6. The number of rotatable bonds is 4. The number of halogens is 1. The number of carbonyl (C=O) groups is 1. The third kappa shape index (κ3) is 3.37. The van der Waals surface area contributed by atoms with E-state index >= 15 is 0 Å². The van der Waals surface area contributed by atoms with Gasteiger partial charge in [-0.2, -0.15) is 4.39 Å². The number of pyridine rings is 1. The van der Waals surface area contributed by atoms with Crippen molar-refractivity contribution in [1.82, 2.24) is 10.3 Å². The van der Waals surface area contributed by atoms with Crippen molar-refractivity contribution in [3.63, 3.8) is 0 Å². The van der Waals surface area contributed by atoms with Crippen LogP contribution in [-0.2, 0) is 0 Å². The Morgan fingerprint density at radius 3 is 2.68 bits per heavy atom. The van der Waals surface area contributed by atoms with Crippen LogP contribution < -0.4 is 5.32 Å². The van der Waals surface area contributed by atoms with Gasteiger partial charge in [-0.15, -0.1) is 0 Å². The molecular formula is C15H15FN2O. The van der Waals surface area contributed by atoms with E-state index in [0.29, 0.717) is 0 Å². The van der Waals surface area contributed by atoms with Crippen molar-refractivity contribution in [1.29, 1.82) is 0 Å². The Balaban J connectivity index is 2.13. The summed E-state index contributed by atoms with van der Waals surface area (Å²) in [5.41, 5.74) is 1.31. The molecular weight excluding hydrogens is 243 g/mol. The molecule has 1 amide bonds. The number of aromatic nitrogens is 1. The van der Waals surface area contributed by atoms with Crippen LogP contribution in [0.4, 0.5) is 4.39 Å². The van der Waals surface area contributed by atoms with Crippen LogP contribution in [-0.4, -0.2) is 10.9 Å². The van der Waals surface area contributed by atoms with Gasteiger partial charge in [0.15, 0.2) is 0 Å². The van der Waals surface area contributed by atoms with Crippen molar-refractivity contribution >= 4 is 5.91 Å². The quantitative estimate of drug-likeness (QED) is 0.856. The molecule has 1 aromatic carbocycles. The molecule has 0 bridgehead atoms. The number of amides is 1. The van der Waals surface area contributed by atoms with E-state index in [1.54, 1.807) is 0 Å². The minimum atomic E-state index is -0.652. The van der Waals surface area contributed by atoms with Gasteiger partial charge in [-0.3, -0.25) is 4.79 Å². The van der Waals surface area contributed by atoms with E-state index < -0.39 is 5.95 Å². The van der Waals surface area contributed by atoms with E-state index in [2.05, 4.69) is 10.3 Å². The second-order valence-corrected chi connectivity index (χ2v) is 4.21. The summed E-state index contributed by atoms with van der Waals surface area (Å²) in [6.07, 6.45) is 2.05. The molecule has 1 heterocycles. The highest BCUT2D eigenvalue weighted by atomic mass is 19.1. The second-order valence-electron chi connectivity index (χ2n) is 4.21. The molecule has 0 aliphatic rings. The average Bonchev–Trinajstić information content (AvgIpc) is 2.45. The van der Waals surface area contributed by atoms with Crippen molar-refractivity contribution in [3.8, 4) is 0 Å². The van der Waals surface area contributed by atoms with E-state index in [9.17, 15) is 9.18 Å².